The van der Waals surface area contributed by atoms with E-state index in [4.69, 9.17) is 14.5 Å². The van der Waals surface area contributed by atoms with Crippen LogP contribution < -0.4 is 9.47 Å². The molecule has 4 rings (SSSR count). The Labute approximate surface area is 165 Å². The Morgan fingerprint density at radius 1 is 0.821 bits per heavy atom. The summed E-state index contributed by atoms with van der Waals surface area (Å²) in [5, 5.41) is 0. The Morgan fingerprint density at radius 3 is 2.25 bits per heavy atom. The first kappa shape index (κ1) is 17.9. The van der Waals surface area contributed by atoms with Crippen molar-refractivity contribution in [3.8, 4) is 34.1 Å². The third kappa shape index (κ3) is 3.76. The maximum Gasteiger partial charge on any atom is 0.161 e. The molecule has 28 heavy (non-hydrogen) atoms. The van der Waals surface area contributed by atoms with E-state index in [1.54, 1.807) is 7.11 Å². The summed E-state index contributed by atoms with van der Waals surface area (Å²) >= 11 is 0. The summed E-state index contributed by atoms with van der Waals surface area (Å²) in [7, 11) is 3.66. The molecule has 0 aliphatic heterocycles. The summed E-state index contributed by atoms with van der Waals surface area (Å²) in [6.45, 7) is 0.498. The third-order valence-corrected chi connectivity index (χ3v) is 4.60. The van der Waals surface area contributed by atoms with Gasteiger partial charge in [-0.3, -0.25) is 0 Å². The lowest BCUT2D eigenvalue weighted by Crippen LogP contribution is -1.97. The second-order valence-electron chi connectivity index (χ2n) is 6.57. The molecule has 0 N–H and O–H groups in total. The van der Waals surface area contributed by atoms with Crippen molar-refractivity contribution >= 4 is 0 Å². The van der Waals surface area contributed by atoms with Crippen LogP contribution in [0.1, 0.15) is 5.56 Å². The fourth-order valence-electron chi connectivity index (χ4n) is 3.14. The van der Waals surface area contributed by atoms with Gasteiger partial charge in [0.2, 0.25) is 0 Å². The number of benzene rings is 3. The molecule has 0 unspecified atom stereocenters. The van der Waals surface area contributed by atoms with Gasteiger partial charge < -0.3 is 14.0 Å². The molecule has 0 bridgehead atoms. The molecule has 0 saturated heterocycles. The van der Waals surface area contributed by atoms with Crippen molar-refractivity contribution in [3.63, 3.8) is 0 Å². The normalized spacial score (nSPS) is 10.6. The fraction of sp³-hybridized carbons (Fsp3) is 0.125. The van der Waals surface area contributed by atoms with E-state index in [1.165, 1.54) is 0 Å². The Balaban J connectivity index is 1.59. The molecule has 0 spiro atoms. The smallest absolute Gasteiger partial charge is 0.161 e. The van der Waals surface area contributed by atoms with Gasteiger partial charge >= 0.3 is 0 Å². The molecule has 0 saturated carbocycles. The Morgan fingerprint density at radius 2 is 1.54 bits per heavy atom. The van der Waals surface area contributed by atoms with Crippen LogP contribution >= 0.6 is 0 Å². The number of nitrogens with zero attached hydrogens (tertiary/aromatic N) is 2. The van der Waals surface area contributed by atoms with E-state index >= 15 is 0 Å². The highest BCUT2D eigenvalue weighted by atomic mass is 16.5. The molecule has 4 aromatic rings. The molecular formula is C24H22N2O2. The minimum atomic E-state index is 0.498. The molecule has 0 fully saturated rings. The van der Waals surface area contributed by atoms with Gasteiger partial charge in [0.1, 0.15) is 12.4 Å². The summed E-state index contributed by atoms with van der Waals surface area (Å²) in [6.07, 6.45) is 2.03. The SMILES string of the molecule is COc1cc(-c2cn(C)c(-c3ccccc3)n2)ccc1OCc1ccccc1. The molecule has 0 radical (unpaired) electrons. The fourth-order valence-corrected chi connectivity index (χ4v) is 3.14. The summed E-state index contributed by atoms with van der Waals surface area (Å²) in [4.78, 5) is 4.82. The number of ether oxygens (including phenoxy) is 2. The standard InChI is InChI=1S/C24H22N2O2/c1-26-16-21(25-24(26)19-11-7-4-8-12-19)20-13-14-22(23(15-20)27-2)28-17-18-9-5-3-6-10-18/h3-16H,17H2,1-2H3. The molecule has 0 aliphatic rings. The van der Waals surface area contributed by atoms with Crippen LogP contribution in [-0.4, -0.2) is 16.7 Å². The zero-order valence-electron chi connectivity index (χ0n) is 16.0. The van der Waals surface area contributed by atoms with E-state index in [0.29, 0.717) is 18.1 Å². The van der Waals surface area contributed by atoms with E-state index in [-0.39, 0.29) is 0 Å². The van der Waals surface area contributed by atoms with Crippen molar-refractivity contribution in [1.29, 1.82) is 0 Å². The summed E-state index contributed by atoms with van der Waals surface area (Å²) in [5.41, 5.74) is 4.09. The lowest BCUT2D eigenvalue weighted by molar-refractivity contribution is 0.284. The van der Waals surface area contributed by atoms with Gasteiger partial charge in [-0.25, -0.2) is 4.98 Å². The van der Waals surface area contributed by atoms with Gasteiger partial charge in [0.05, 0.1) is 12.8 Å². The average molecular weight is 370 g/mol. The highest BCUT2D eigenvalue weighted by Gasteiger charge is 2.12. The summed E-state index contributed by atoms with van der Waals surface area (Å²) in [6, 6.07) is 26.2. The van der Waals surface area contributed by atoms with Crippen molar-refractivity contribution in [2.75, 3.05) is 7.11 Å². The monoisotopic (exact) mass is 370 g/mol. The van der Waals surface area contributed by atoms with Crippen LogP contribution in [0.15, 0.2) is 85.1 Å². The highest BCUT2D eigenvalue weighted by Crippen LogP contribution is 2.33. The van der Waals surface area contributed by atoms with Gasteiger partial charge in [0.15, 0.2) is 11.5 Å². The van der Waals surface area contributed by atoms with Gasteiger partial charge in [-0.15, -0.1) is 0 Å². The maximum atomic E-state index is 5.95. The Bertz CT molecular complexity index is 1060. The van der Waals surface area contributed by atoms with Crippen molar-refractivity contribution in [2.45, 2.75) is 6.61 Å². The van der Waals surface area contributed by atoms with Gasteiger partial charge in [-0.1, -0.05) is 60.7 Å². The molecule has 3 aromatic carbocycles. The maximum absolute atomic E-state index is 5.95. The van der Waals surface area contributed by atoms with Crippen molar-refractivity contribution in [1.82, 2.24) is 9.55 Å². The van der Waals surface area contributed by atoms with E-state index in [1.807, 2.05) is 84.5 Å². The average Bonchev–Trinajstić information content (AvgIpc) is 3.15. The summed E-state index contributed by atoms with van der Waals surface area (Å²) in [5.74, 6) is 2.34. The minimum absolute atomic E-state index is 0.498. The van der Waals surface area contributed by atoms with Crippen LogP contribution in [0, 0.1) is 0 Å². The number of hydrogen-bond donors (Lipinski definition) is 0. The molecule has 4 nitrogen and oxygen atoms in total. The number of imidazole rings is 1. The Hall–Kier alpha value is -3.53. The molecular weight excluding hydrogens is 348 g/mol. The molecule has 1 aromatic heterocycles. The minimum Gasteiger partial charge on any atom is -0.493 e. The predicted molar refractivity (Wildman–Crippen MR) is 111 cm³/mol. The molecule has 0 amide bonds. The molecule has 0 aliphatic carbocycles. The van der Waals surface area contributed by atoms with E-state index in [2.05, 4.69) is 12.1 Å². The number of aryl methyl sites for hydroxylation is 1. The lowest BCUT2D eigenvalue weighted by Gasteiger charge is -2.11. The highest BCUT2D eigenvalue weighted by molar-refractivity contribution is 5.67. The number of methoxy groups -OCH3 is 1. The van der Waals surface area contributed by atoms with Gasteiger partial charge in [-0.2, -0.15) is 0 Å². The van der Waals surface area contributed by atoms with Gasteiger partial charge in [-0.05, 0) is 23.8 Å². The lowest BCUT2D eigenvalue weighted by atomic mass is 10.1. The van der Waals surface area contributed by atoms with Crippen LogP contribution in [0.5, 0.6) is 11.5 Å². The van der Waals surface area contributed by atoms with Gasteiger partial charge in [0, 0.05) is 24.4 Å². The van der Waals surface area contributed by atoms with Crippen molar-refractivity contribution in [3.05, 3.63) is 90.6 Å². The van der Waals surface area contributed by atoms with Crippen LogP contribution in [-0.2, 0) is 13.7 Å². The first-order chi connectivity index (χ1) is 13.7. The van der Waals surface area contributed by atoms with Gasteiger partial charge in [0.25, 0.3) is 0 Å². The van der Waals surface area contributed by atoms with Crippen LogP contribution in [0.2, 0.25) is 0 Å². The first-order valence-corrected chi connectivity index (χ1v) is 9.18. The topological polar surface area (TPSA) is 36.3 Å². The zero-order valence-corrected chi connectivity index (χ0v) is 16.0. The number of rotatable bonds is 6. The molecule has 4 heteroatoms. The van der Waals surface area contributed by atoms with Crippen molar-refractivity contribution in [2.24, 2.45) is 7.05 Å². The van der Waals surface area contributed by atoms with E-state index in [0.717, 1.165) is 28.2 Å². The molecule has 1 heterocycles. The number of hydrogen-bond acceptors (Lipinski definition) is 3. The number of aromatic nitrogens is 2. The second-order valence-corrected chi connectivity index (χ2v) is 6.57. The predicted octanol–water partition coefficient (Wildman–Crippen LogP) is 5.34. The van der Waals surface area contributed by atoms with E-state index < -0.39 is 0 Å². The second kappa shape index (κ2) is 8.01. The quantitative estimate of drug-likeness (QED) is 0.459. The van der Waals surface area contributed by atoms with E-state index in [9.17, 15) is 0 Å². The zero-order chi connectivity index (χ0) is 19.3. The third-order valence-electron chi connectivity index (χ3n) is 4.60. The molecule has 140 valence electrons. The van der Waals surface area contributed by atoms with Crippen LogP contribution in [0.3, 0.4) is 0 Å². The first-order valence-electron chi connectivity index (χ1n) is 9.18. The Kier molecular flexibility index (Phi) is 5.11. The largest absolute Gasteiger partial charge is 0.493 e. The van der Waals surface area contributed by atoms with Crippen molar-refractivity contribution < 1.29 is 9.47 Å². The van der Waals surface area contributed by atoms with Crippen LogP contribution in [0.25, 0.3) is 22.6 Å². The molecule has 0 atom stereocenters. The summed E-state index contributed by atoms with van der Waals surface area (Å²) < 4.78 is 13.5. The van der Waals surface area contributed by atoms with Crippen LogP contribution in [0.4, 0.5) is 0 Å².